The summed E-state index contributed by atoms with van der Waals surface area (Å²) in [5, 5.41) is 0. The van der Waals surface area contributed by atoms with Crippen molar-refractivity contribution in [2.75, 3.05) is 0 Å². The van der Waals surface area contributed by atoms with E-state index < -0.39 is 8.32 Å². The molecule has 4 bridgehead atoms. The van der Waals surface area contributed by atoms with Crippen molar-refractivity contribution in [3.8, 4) is 0 Å². The first-order valence-electron chi connectivity index (χ1n) is 7.57. The molecule has 0 saturated heterocycles. The molecule has 4 aliphatic carbocycles. The molecule has 2 nitrogen and oxygen atoms in total. The maximum absolute atomic E-state index is 12.9. The third-order valence-electron chi connectivity index (χ3n) is 6.22. The van der Waals surface area contributed by atoms with Crippen LogP contribution in [0, 0.1) is 23.2 Å². The van der Waals surface area contributed by atoms with Crippen LogP contribution in [-0.2, 0) is 9.22 Å². The number of hydrogen-bond donors (Lipinski definition) is 0. The predicted octanol–water partition coefficient (Wildman–Crippen LogP) is 3.75. The van der Waals surface area contributed by atoms with Gasteiger partial charge in [-0.2, -0.15) is 0 Å². The Hall–Kier alpha value is 0.327. The van der Waals surface area contributed by atoms with Crippen LogP contribution in [0.2, 0.25) is 19.6 Å². The first-order valence-corrected chi connectivity index (χ1v) is 11.8. The Morgan fingerprint density at radius 1 is 1.32 bits per heavy atom. The smallest absolute Gasteiger partial charge is 0.184 e. The minimum absolute atomic E-state index is 0.0557. The number of halogens is 1. The number of ketones is 1. The number of fused-ring (bicyclic) bond motifs is 1. The molecule has 4 aliphatic rings. The predicted molar refractivity (Wildman–Crippen MR) is 80.9 cm³/mol. The van der Waals surface area contributed by atoms with E-state index in [0.29, 0.717) is 23.5 Å². The summed E-state index contributed by atoms with van der Waals surface area (Å²) in [6, 6.07) is 0. The van der Waals surface area contributed by atoms with Crippen LogP contribution in [0.5, 0.6) is 0 Å². The molecule has 0 N–H and O–H groups in total. The highest BCUT2D eigenvalue weighted by atomic mass is 79.9. The van der Waals surface area contributed by atoms with E-state index >= 15 is 0 Å². The van der Waals surface area contributed by atoms with Crippen LogP contribution in [0.4, 0.5) is 0 Å². The van der Waals surface area contributed by atoms with E-state index in [1.54, 1.807) is 0 Å². The van der Waals surface area contributed by atoms with Gasteiger partial charge >= 0.3 is 0 Å². The molecule has 6 atom stereocenters. The molecule has 0 aromatic rings. The van der Waals surface area contributed by atoms with Crippen LogP contribution >= 0.6 is 15.9 Å². The number of hydrogen-bond acceptors (Lipinski definition) is 2. The van der Waals surface area contributed by atoms with Gasteiger partial charge in [-0.05, 0) is 57.2 Å². The van der Waals surface area contributed by atoms with Gasteiger partial charge in [-0.1, -0.05) is 22.9 Å². The fraction of sp³-hybridized carbons (Fsp3) is 0.933. The van der Waals surface area contributed by atoms with Crippen molar-refractivity contribution < 1.29 is 9.22 Å². The van der Waals surface area contributed by atoms with E-state index in [1.807, 2.05) is 0 Å². The van der Waals surface area contributed by atoms with Crippen molar-refractivity contribution >= 4 is 30.0 Å². The van der Waals surface area contributed by atoms with Gasteiger partial charge in [0.15, 0.2) is 14.1 Å². The summed E-state index contributed by atoms with van der Waals surface area (Å²) in [6.07, 6.45) is 4.52. The van der Waals surface area contributed by atoms with Gasteiger partial charge in [0, 0.05) is 11.3 Å². The molecule has 0 aliphatic heterocycles. The zero-order valence-electron chi connectivity index (χ0n) is 12.3. The van der Waals surface area contributed by atoms with E-state index in [4.69, 9.17) is 4.43 Å². The fourth-order valence-electron chi connectivity index (χ4n) is 5.79. The Kier molecular flexibility index (Phi) is 2.21. The van der Waals surface area contributed by atoms with Crippen LogP contribution in [0.25, 0.3) is 0 Å². The molecule has 0 heterocycles. The lowest BCUT2D eigenvalue weighted by Gasteiger charge is -2.42. The highest BCUT2D eigenvalue weighted by Gasteiger charge is 2.82. The largest absolute Gasteiger partial charge is 0.411 e. The van der Waals surface area contributed by atoms with Crippen molar-refractivity contribution in [2.24, 2.45) is 23.2 Å². The number of alkyl halides is 1. The molecule has 4 fully saturated rings. The molecule has 0 aromatic heterocycles. The van der Waals surface area contributed by atoms with Crippen molar-refractivity contribution in [1.82, 2.24) is 0 Å². The zero-order chi connectivity index (χ0) is 13.8. The van der Waals surface area contributed by atoms with Crippen molar-refractivity contribution in [3.05, 3.63) is 0 Å². The third-order valence-corrected chi connectivity index (χ3v) is 8.46. The molecule has 4 saturated carbocycles. The van der Waals surface area contributed by atoms with Crippen LogP contribution < -0.4 is 0 Å². The Balaban J connectivity index is 1.80. The average molecular weight is 343 g/mol. The zero-order valence-corrected chi connectivity index (χ0v) is 14.8. The average Bonchev–Trinajstić information content (AvgIpc) is 2.73. The molecule has 106 valence electrons. The van der Waals surface area contributed by atoms with Gasteiger partial charge in [-0.25, -0.2) is 0 Å². The van der Waals surface area contributed by atoms with Crippen LogP contribution in [-0.4, -0.2) is 24.0 Å². The molecule has 4 heteroatoms. The van der Waals surface area contributed by atoms with Crippen LogP contribution in [0.3, 0.4) is 0 Å². The molecule has 0 radical (unpaired) electrons. The van der Waals surface area contributed by atoms with Gasteiger partial charge in [-0.3, -0.25) is 4.79 Å². The quantitative estimate of drug-likeness (QED) is 0.564. The molecule has 0 unspecified atom stereocenters. The second-order valence-corrected chi connectivity index (χ2v) is 14.4. The first kappa shape index (κ1) is 13.0. The van der Waals surface area contributed by atoms with E-state index in [1.165, 1.54) is 12.8 Å². The van der Waals surface area contributed by atoms with Crippen LogP contribution in [0.1, 0.15) is 32.6 Å². The van der Waals surface area contributed by atoms with E-state index in [0.717, 1.165) is 12.8 Å². The summed E-state index contributed by atoms with van der Waals surface area (Å²) in [5.74, 6) is 2.15. The van der Waals surface area contributed by atoms with Gasteiger partial charge in [0.1, 0.15) is 0 Å². The fourth-order valence-corrected chi connectivity index (χ4v) is 8.69. The number of carbonyl (C=O) groups excluding carboxylic acids is 1. The lowest BCUT2D eigenvalue weighted by molar-refractivity contribution is -0.130. The van der Waals surface area contributed by atoms with Gasteiger partial charge < -0.3 is 4.43 Å². The molecule has 0 aromatic carbocycles. The minimum Gasteiger partial charge on any atom is -0.411 e. The molecule has 4 rings (SSSR count). The van der Waals surface area contributed by atoms with Crippen molar-refractivity contribution in [2.45, 2.75) is 62.2 Å². The second kappa shape index (κ2) is 3.22. The van der Waals surface area contributed by atoms with Gasteiger partial charge in [0.25, 0.3) is 0 Å². The SMILES string of the molecule is C[C@@]12C[C@H]3C[C@@]3(O[Si](C)(C)C)[C@@H]3[C@@H]1CC[C@]3(Br)C2=O. The number of carbonyl (C=O) groups is 1. The minimum atomic E-state index is -1.56. The monoisotopic (exact) mass is 342 g/mol. The summed E-state index contributed by atoms with van der Waals surface area (Å²) >= 11 is 3.89. The number of rotatable bonds is 2. The summed E-state index contributed by atoms with van der Waals surface area (Å²) in [7, 11) is -1.56. The highest BCUT2D eigenvalue weighted by Crippen LogP contribution is 2.78. The Morgan fingerprint density at radius 3 is 2.63 bits per heavy atom. The third kappa shape index (κ3) is 1.34. The summed E-state index contributed by atoms with van der Waals surface area (Å²) in [4.78, 5) is 12.9. The Labute approximate surface area is 124 Å². The normalized spacial score (nSPS) is 58.4. The first-order chi connectivity index (χ1) is 8.64. The van der Waals surface area contributed by atoms with Crippen molar-refractivity contribution in [1.29, 1.82) is 0 Å². The number of Topliss-reactive ketones (excluding diaryl/α,β-unsaturated/α-hetero) is 1. The molecule has 0 spiro atoms. The second-order valence-electron chi connectivity index (χ2n) is 8.51. The Morgan fingerprint density at radius 2 is 2.00 bits per heavy atom. The maximum Gasteiger partial charge on any atom is 0.184 e. The highest BCUT2D eigenvalue weighted by molar-refractivity contribution is 9.10. The van der Waals surface area contributed by atoms with Gasteiger partial charge in [0.2, 0.25) is 0 Å². The Bertz CT molecular complexity index is 487. The van der Waals surface area contributed by atoms with E-state index in [2.05, 4.69) is 42.5 Å². The lowest BCUT2D eigenvalue weighted by atomic mass is 9.66. The topological polar surface area (TPSA) is 26.3 Å². The van der Waals surface area contributed by atoms with Gasteiger partial charge in [0.05, 0.1) is 9.93 Å². The summed E-state index contributed by atoms with van der Waals surface area (Å²) in [5.41, 5.74) is 0.000687. The van der Waals surface area contributed by atoms with E-state index in [-0.39, 0.29) is 15.3 Å². The summed E-state index contributed by atoms with van der Waals surface area (Å²) < 4.78 is 6.41. The van der Waals surface area contributed by atoms with Crippen LogP contribution in [0.15, 0.2) is 0 Å². The summed E-state index contributed by atoms with van der Waals surface area (Å²) in [6.45, 7) is 9.07. The van der Waals surface area contributed by atoms with Gasteiger partial charge in [-0.15, -0.1) is 0 Å². The molecular formula is C15H23BrO2Si. The van der Waals surface area contributed by atoms with E-state index in [9.17, 15) is 4.79 Å². The molecule has 19 heavy (non-hydrogen) atoms. The standard InChI is InChI=1S/C15H23BrO2Si/c1-13-7-9-8-15(9,18-19(2,3)4)11-10(13)5-6-14(11,16)12(13)17/h9-11H,5-8H2,1-4H3/t9-,10-,11+,13+,14+,15-/m0/s1. The van der Waals surface area contributed by atoms with Crippen molar-refractivity contribution in [3.63, 3.8) is 0 Å². The maximum atomic E-state index is 12.9. The molecule has 0 amide bonds. The lowest BCUT2D eigenvalue weighted by Crippen LogP contribution is -2.47. The molecular weight excluding hydrogens is 320 g/mol.